The fourth-order valence-corrected chi connectivity index (χ4v) is 15.1. The van der Waals surface area contributed by atoms with E-state index in [1.165, 1.54) is 125 Å². The topological polar surface area (TPSA) is 185 Å². The van der Waals surface area contributed by atoms with E-state index in [9.17, 15) is 40.0 Å². The molecule has 0 radical (unpaired) electrons. The zero-order valence-corrected chi connectivity index (χ0v) is 50.2. The molecule has 4 aliphatic rings. The molecule has 8 rings (SSSR count). The number of para-hydroxylation sites is 2. The number of allylic oxidation sites excluding steroid dienone is 1. The van der Waals surface area contributed by atoms with Crippen molar-refractivity contribution >= 4 is 52.1 Å². The molecule has 0 unspecified atom stereocenters. The molecule has 4 fully saturated rings. The van der Waals surface area contributed by atoms with Crippen LogP contribution in [0.5, 0.6) is 11.5 Å². The molecular weight excluding hydrogens is 1010 g/mol. The molecule has 9 atom stereocenters. The smallest absolute Gasteiger partial charge is 0.545 e. The van der Waals surface area contributed by atoms with Gasteiger partial charge in [0.25, 0.3) is 11.4 Å². The number of carboxylic acid groups (broad SMARTS) is 2. The van der Waals surface area contributed by atoms with Crippen molar-refractivity contribution < 1.29 is 98.2 Å². The molecule has 0 aliphatic heterocycles. The maximum atomic E-state index is 12.8. The maximum Gasteiger partial charge on any atom is 1.00 e. The molecule has 390 valence electrons. The number of hydrogen-bond donors (Lipinski definition) is 0. The molecule has 0 bridgehead atoms. The van der Waals surface area contributed by atoms with Gasteiger partial charge in [-0.1, -0.05) is 107 Å². The molecule has 0 amide bonds. The third-order valence-corrected chi connectivity index (χ3v) is 18.7. The first-order valence-electron chi connectivity index (χ1n) is 26.3. The summed E-state index contributed by atoms with van der Waals surface area (Å²) in [6.45, 7) is 11.7. The van der Waals surface area contributed by atoms with E-state index in [2.05, 4.69) is 34.6 Å². The molecule has 4 aromatic carbocycles. The van der Waals surface area contributed by atoms with Crippen LogP contribution in [0, 0.1) is 78.4 Å². The molecule has 12 nitrogen and oxygen atoms in total. The SMILES string of the molecule is CC(C)CCC[C@@H](C)[C@H]1CC[C@H]2[C@@H]3CC[C@H]4C[C@@H](CCC=C(c5cc(Cl)c(OCc6ccccc6[N+](=O)[O-])c(C(=O)[O-])c5)c5cc(Cl)c(OCc6ccccc6[N+](=O)[O-])c(C(=O)[O-])c5)CC[C@]4(C)[C@H]3CC[C@]12C.[Na+].[Na+]. The quantitative estimate of drug-likeness (QED) is 0.0484. The Bertz CT molecular complexity index is 2640. The minimum Gasteiger partial charge on any atom is -0.545 e. The van der Waals surface area contributed by atoms with E-state index < -0.39 is 32.9 Å². The first-order valence-corrected chi connectivity index (χ1v) is 27.1. The van der Waals surface area contributed by atoms with E-state index in [4.69, 9.17) is 32.7 Å². The average Bonchev–Trinajstić information content (AvgIpc) is 3.71. The number of ether oxygens (including phenoxy) is 2. The summed E-state index contributed by atoms with van der Waals surface area (Å²) in [5.74, 6) is 2.08. The van der Waals surface area contributed by atoms with Crippen LogP contribution in [0.25, 0.3) is 5.57 Å². The number of benzene rings is 4. The minimum atomic E-state index is -1.62. The molecule has 0 spiro atoms. The summed E-state index contributed by atoms with van der Waals surface area (Å²) in [6, 6.07) is 17.5. The number of fused-ring (bicyclic) bond motifs is 5. The zero-order chi connectivity index (χ0) is 52.4. The van der Waals surface area contributed by atoms with E-state index in [1.54, 1.807) is 12.1 Å². The van der Waals surface area contributed by atoms with Gasteiger partial charge in [-0.05, 0) is 182 Å². The monoisotopic (exact) mass is 1080 g/mol. The predicted molar refractivity (Wildman–Crippen MR) is 279 cm³/mol. The van der Waals surface area contributed by atoms with E-state index >= 15 is 0 Å². The van der Waals surface area contributed by atoms with Gasteiger partial charge in [0.1, 0.15) is 24.7 Å². The largest absolute Gasteiger partial charge is 1.00 e. The zero-order valence-electron chi connectivity index (χ0n) is 44.7. The number of nitrogens with zero attached hydrogens (tertiary/aromatic N) is 2. The van der Waals surface area contributed by atoms with Gasteiger partial charge < -0.3 is 29.3 Å². The Balaban J connectivity index is 0.00000457. The van der Waals surface area contributed by atoms with E-state index in [0.29, 0.717) is 45.8 Å². The van der Waals surface area contributed by atoms with E-state index in [-0.39, 0.29) is 116 Å². The van der Waals surface area contributed by atoms with Crippen LogP contribution in [0.1, 0.15) is 167 Å². The van der Waals surface area contributed by atoms with Crippen molar-refractivity contribution in [2.45, 2.75) is 138 Å². The van der Waals surface area contributed by atoms with Gasteiger partial charge in [0.15, 0.2) is 0 Å². The number of aromatic carboxylic acids is 2. The number of nitro benzene ring substituents is 2. The molecular formula is C59H68Cl2N2Na2O10. The third-order valence-electron chi connectivity index (χ3n) is 18.2. The molecule has 4 aromatic rings. The number of carboxylic acids is 2. The van der Waals surface area contributed by atoms with Crippen molar-refractivity contribution in [2.24, 2.45) is 58.2 Å². The molecule has 0 N–H and O–H groups in total. The fourth-order valence-electron chi connectivity index (χ4n) is 14.5. The van der Waals surface area contributed by atoms with Crippen LogP contribution in [-0.4, -0.2) is 21.8 Å². The molecule has 16 heteroatoms. The van der Waals surface area contributed by atoms with Crippen molar-refractivity contribution in [3.05, 3.63) is 143 Å². The van der Waals surface area contributed by atoms with Gasteiger partial charge in [-0.25, -0.2) is 0 Å². The molecule has 4 saturated carbocycles. The van der Waals surface area contributed by atoms with Gasteiger partial charge in [-0.2, -0.15) is 0 Å². The summed E-state index contributed by atoms with van der Waals surface area (Å²) in [4.78, 5) is 48.0. The number of nitro groups is 2. The summed E-state index contributed by atoms with van der Waals surface area (Å²) in [5.41, 5.74) is 0.918. The number of carbonyl (C=O) groups excluding carboxylic acids is 2. The number of hydrogen-bond acceptors (Lipinski definition) is 10. The average molecular weight is 1080 g/mol. The van der Waals surface area contributed by atoms with Crippen molar-refractivity contribution in [3.63, 3.8) is 0 Å². The van der Waals surface area contributed by atoms with Crippen LogP contribution in [-0.2, 0) is 13.2 Å². The van der Waals surface area contributed by atoms with Crippen LogP contribution >= 0.6 is 23.2 Å². The molecule has 0 aromatic heterocycles. The van der Waals surface area contributed by atoms with Gasteiger partial charge in [0.05, 0.1) is 43.0 Å². The van der Waals surface area contributed by atoms with Crippen molar-refractivity contribution in [1.29, 1.82) is 0 Å². The number of rotatable bonds is 20. The first-order chi connectivity index (χ1) is 34.8. The van der Waals surface area contributed by atoms with Crippen molar-refractivity contribution in [3.8, 4) is 11.5 Å². The predicted octanol–water partition coefficient (Wildman–Crippen LogP) is 7.65. The second kappa shape index (κ2) is 26.0. The summed E-state index contributed by atoms with van der Waals surface area (Å²) < 4.78 is 11.8. The van der Waals surface area contributed by atoms with Gasteiger partial charge in [0, 0.05) is 23.3 Å². The fraction of sp³-hybridized carbons (Fsp3) is 0.525. The summed E-state index contributed by atoms with van der Waals surface area (Å²) >= 11 is 13.7. The second-order valence-electron chi connectivity index (χ2n) is 22.6. The van der Waals surface area contributed by atoms with Crippen LogP contribution in [0.3, 0.4) is 0 Å². The Morgan fingerprint density at radius 2 is 1.23 bits per heavy atom. The van der Waals surface area contributed by atoms with Gasteiger partial charge in [-0.15, -0.1) is 0 Å². The van der Waals surface area contributed by atoms with E-state index in [0.717, 1.165) is 54.8 Å². The molecule has 4 aliphatic carbocycles. The third kappa shape index (κ3) is 13.2. The summed E-state index contributed by atoms with van der Waals surface area (Å²) in [7, 11) is 0. The summed E-state index contributed by atoms with van der Waals surface area (Å²) in [5, 5.41) is 48.9. The molecule has 0 heterocycles. The Morgan fingerprint density at radius 3 is 1.75 bits per heavy atom. The molecule has 0 saturated heterocycles. The van der Waals surface area contributed by atoms with Crippen LogP contribution in [0.15, 0.2) is 78.9 Å². The van der Waals surface area contributed by atoms with Crippen LogP contribution in [0.4, 0.5) is 11.4 Å². The minimum absolute atomic E-state index is 0. The Hall–Kier alpha value is -3.46. The second-order valence-corrected chi connectivity index (χ2v) is 23.4. The normalized spacial score (nSPS) is 25.0. The van der Waals surface area contributed by atoms with Gasteiger partial charge >= 0.3 is 59.1 Å². The van der Waals surface area contributed by atoms with Gasteiger partial charge in [-0.3, -0.25) is 20.2 Å². The number of carbonyl (C=O) groups is 2. The Labute approximate surface area is 496 Å². The van der Waals surface area contributed by atoms with Crippen molar-refractivity contribution in [1.82, 2.24) is 0 Å². The van der Waals surface area contributed by atoms with Crippen LogP contribution in [0.2, 0.25) is 10.0 Å². The molecule has 75 heavy (non-hydrogen) atoms. The Kier molecular flexibility index (Phi) is 21.1. The van der Waals surface area contributed by atoms with E-state index in [1.807, 2.05) is 6.08 Å². The van der Waals surface area contributed by atoms with Crippen LogP contribution < -0.4 is 78.8 Å². The first kappa shape index (κ1) is 60.8. The van der Waals surface area contributed by atoms with Gasteiger partial charge in [0.2, 0.25) is 0 Å². The number of halogens is 2. The standard InChI is InChI=1S/C59H70Cl2N2O10.2Na/c1-35(2)12-10-13-36(3)47-22-23-48-44-21-20-42-28-37(24-26-58(42,4)49(44)25-27-59(47,48)5)14-11-17-43(40-29-45(56(64)65)54(50(60)31-40)72-33-38-15-6-8-18-52(38)62(68)69)41-30-46(57(66)67)55(51(61)32-41)73-34-39-16-7-9-19-53(39)63(70)71;;/h6-9,15-19,29-32,35-37,42,44,47-49H,10-14,20-28,33-34H2,1-5H3,(H,64,65)(H,66,67);;/q;2*+1/p-2/t36-,37+,42+,44+,47-,48+,49+,58+,59-;;/m1../s1. The van der Waals surface area contributed by atoms with Crippen molar-refractivity contribution in [2.75, 3.05) is 0 Å². The Morgan fingerprint density at radius 1 is 0.707 bits per heavy atom. The maximum absolute atomic E-state index is 12.8. The summed E-state index contributed by atoms with van der Waals surface area (Å²) in [6.07, 6.45) is 18.8.